The molecule has 0 fully saturated rings. The van der Waals surface area contributed by atoms with E-state index in [0.29, 0.717) is 5.56 Å². The van der Waals surface area contributed by atoms with Gasteiger partial charge in [0.15, 0.2) is 6.61 Å². The summed E-state index contributed by atoms with van der Waals surface area (Å²) in [5, 5.41) is 0. The molecule has 0 aliphatic carbocycles. The van der Waals surface area contributed by atoms with E-state index in [1.165, 1.54) is 0 Å². The van der Waals surface area contributed by atoms with Crippen LogP contribution >= 0.6 is 0 Å². The Hall–Kier alpha value is -2.56. The largest absolute Gasteiger partial charge is 0.452 e. The van der Waals surface area contributed by atoms with E-state index in [1.54, 1.807) is 18.0 Å². The van der Waals surface area contributed by atoms with E-state index in [0.717, 1.165) is 22.6 Å². The monoisotopic (exact) mass is 342 g/mol. The fourth-order valence-corrected chi connectivity index (χ4v) is 2.73. The summed E-state index contributed by atoms with van der Waals surface area (Å²) < 4.78 is 7.25. The van der Waals surface area contributed by atoms with Crippen molar-refractivity contribution in [2.45, 2.75) is 40.7 Å². The molecule has 0 spiro atoms. The first kappa shape index (κ1) is 18.8. The van der Waals surface area contributed by atoms with Crippen molar-refractivity contribution in [2.75, 3.05) is 13.7 Å². The number of ether oxygens (including phenoxy) is 1. The maximum absolute atomic E-state index is 12.4. The van der Waals surface area contributed by atoms with Gasteiger partial charge in [0.1, 0.15) is 0 Å². The summed E-state index contributed by atoms with van der Waals surface area (Å²) in [4.78, 5) is 26.0. The number of hydrogen-bond acceptors (Lipinski definition) is 3. The Bertz CT molecular complexity index is 790. The molecule has 1 aromatic heterocycles. The van der Waals surface area contributed by atoms with Gasteiger partial charge in [-0.05, 0) is 58.4 Å². The van der Waals surface area contributed by atoms with E-state index in [2.05, 4.69) is 6.07 Å². The first-order valence-electron chi connectivity index (χ1n) is 8.41. The minimum absolute atomic E-state index is 0.0672. The number of benzene rings is 1. The molecule has 0 N–H and O–H groups in total. The highest BCUT2D eigenvalue weighted by Crippen LogP contribution is 2.22. The molecule has 0 radical (unpaired) electrons. The van der Waals surface area contributed by atoms with Gasteiger partial charge in [-0.1, -0.05) is 12.1 Å². The van der Waals surface area contributed by atoms with Crippen LogP contribution in [0.15, 0.2) is 30.3 Å². The Balaban J connectivity index is 2.19. The molecule has 0 aliphatic rings. The molecule has 1 heterocycles. The number of rotatable bonds is 5. The van der Waals surface area contributed by atoms with E-state index in [4.69, 9.17) is 4.74 Å². The molecule has 5 nitrogen and oxygen atoms in total. The predicted octanol–water partition coefficient (Wildman–Crippen LogP) is 3.43. The second-order valence-electron chi connectivity index (χ2n) is 6.63. The molecule has 0 saturated carbocycles. The zero-order valence-corrected chi connectivity index (χ0v) is 15.8. The summed E-state index contributed by atoms with van der Waals surface area (Å²) in [6.07, 6.45) is 0. The number of carbonyl (C=O) groups excluding carboxylic acids is 2. The van der Waals surface area contributed by atoms with Crippen LogP contribution in [0.5, 0.6) is 0 Å². The summed E-state index contributed by atoms with van der Waals surface area (Å²) in [7, 11) is 1.70. The zero-order chi connectivity index (χ0) is 18.7. The molecular formula is C20H26N2O3. The molecule has 0 bridgehead atoms. The van der Waals surface area contributed by atoms with Crippen molar-refractivity contribution in [3.8, 4) is 5.69 Å². The van der Waals surface area contributed by atoms with E-state index in [9.17, 15) is 9.59 Å². The van der Waals surface area contributed by atoms with Crippen molar-refractivity contribution in [2.24, 2.45) is 0 Å². The third-order valence-electron chi connectivity index (χ3n) is 4.41. The molecule has 5 heteroatoms. The summed E-state index contributed by atoms with van der Waals surface area (Å²) in [6, 6.07) is 9.96. The molecule has 0 saturated heterocycles. The van der Waals surface area contributed by atoms with Crippen LogP contribution in [0.1, 0.15) is 41.2 Å². The number of nitrogens with zero attached hydrogens (tertiary/aromatic N) is 2. The number of likely N-dealkylation sites (N-methyl/N-ethyl adjacent to an activating group) is 1. The molecule has 0 unspecified atom stereocenters. The molecule has 134 valence electrons. The van der Waals surface area contributed by atoms with E-state index in [-0.39, 0.29) is 18.6 Å². The molecule has 25 heavy (non-hydrogen) atoms. The van der Waals surface area contributed by atoms with Gasteiger partial charge in [-0.15, -0.1) is 0 Å². The maximum atomic E-state index is 12.4. The van der Waals surface area contributed by atoms with Crippen molar-refractivity contribution in [3.05, 3.63) is 52.8 Å². The maximum Gasteiger partial charge on any atom is 0.340 e. The van der Waals surface area contributed by atoms with Gasteiger partial charge in [0.05, 0.1) is 5.56 Å². The minimum Gasteiger partial charge on any atom is -0.452 e. The second-order valence-corrected chi connectivity index (χ2v) is 6.63. The SMILES string of the molecule is Cc1cccc(-n2c(C)cc(C(=O)OCC(=O)N(C)C(C)C)c2C)c1. The summed E-state index contributed by atoms with van der Waals surface area (Å²) in [6.45, 7) is 9.44. The zero-order valence-electron chi connectivity index (χ0n) is 15.8. The fraction of sp³-hybridized carbons (Fsp3) is 0.400. The van der Waals surface area contributed by atoms with Gasteiger partial charge in [0, 0.05) is 30.2 Å². The first-order valence-corrected chi connectivity index (χ1v) is 8.41. The third kappa shape index (κ3) is 4.10. The van der Waals surface area contributed by atoms with Gasteiger partial charge in [-0.2, -0.15) is 0 Å². The van der Waals surface area contributed by atoms with Gasteiger partial charge in [0.25, 0.3) is 5.91 Å². The van der Waals surface area contributed by atoms with Crippen molar-refractivity contribution in [1.82, 2.24) is 9.47 Å². The van der Waals surface area contributed by atoms with Crippen molar-refractivity contribution < 1.29 is 14.3 Å². The highest BCUT2D eigenvalue weighted by molar-refractivity contribution is 5.93. The van der Waals surface area contributed by atoms with Crippen molar-refractivity contribution >= 4 is 11.9 Å². The molecular weight excluding hydrogens is 316 g/mol. The number of esters is 1. The standard InChI is InChI=1S/C20H26N2O3/c1-13(2)21(6)19(23)12-25-20(24)18-11-15(4)22(16(18)5)17-9-7-8-14(3)10-17/h7-11,13H,12H2,1-6H3. The first-order chi connectivity index (χ1) is 11.7. The molecule has 2 aromatic rings. The summed E-state index contributed by atoms with van der Waals surface area (Å²) in [5.74, 6) is -0.687. The normalized spacial score (nSPS) is 10.8. The lowest BCUT2D eigenvalue weighted by molar-refractivity contribution is -0.134. The Morgan fingerprint density at radius 1 is 1.16 bits per heavy atom. The van der Waals surface area contributed by atoms with Crippen molar-refractivity contribution in [3.63, 3.8) is 0 Å². The molecule has 1 amide bonds. The van der Waals surface area contributed by atoms with Crippen LogP contribution in [-0.2, 0) is 9.53 Å². The van der Waals surface area contributed by atoms with Gasteiger partial charge >= 0.3 is 5.97 Å². The molecule has 1 aromatic carbocycles. The molecule has 2 rings (SSSR count). The quantitative estimate of drug-likeness (QED) is 0.782. The highest BCUT2D eigenvalue weighted by Gasteiger charge is 2.20. The van der Waals surface area contributed by atoms with E-state index < -0.39 is 5.97 Å². The number of hydrogen-bond donors (Lipinski definition) is 0. The smallest absolute Gasteiger partial charge is 0.340 e. The van der Waals surface area contributed by atoms with Gasteiger partial charge < -0.3 is 14.2 Å². The lowest BCUT2D eigenvalue weighted by Gasteiger charge is -2.21. The molecule has 0 atom stereocenters. The van der Waals surface area contributed by atoms with E-state index in [1.807, 2.05) is 57.4 Å². The van der Waals surface area contributed by atoms with Crippen LogP contribution in [0.4, 0.5) is 0 Å². The number of aryl methyl sites for hydroxylation is 2. The average Bonchev–Trinajstić information content (AvgIpc) is 2.86. The van der Waals surface area contributed by atoms with Crippen molar-refractivity contribution in [1.29, 1.82) is 0 Å². The summed E-state index contributed by atoms with van der Waals surface area (Å²) in [5.41, 5.74) is 4.39. The Morgan fingerprint density at radius 3 is 2.44 bits per heavy atom. The fourth-order valence-electron chi connectivity index (χ4n) is 2.73. The van der Waals surface area contributed by atoms with Gasteiger partial charge in [-0.25, -0.2) is 4.79 Å². The third-order valence-corrected chi connectivity index (χ3v) is 4.41. The topological polar surface area (TPSA) is 51.5 Å². The number of aromatic nitrogens is 1. The Morgan fingerprint density at radius 2 is 1.84 bits per heavy atom. The van der Waals surface area contributed by atoms with Gasteiger partial charge in [0.2, 0.25) is 0 Å². The van der Waals surface area contributed by atoms with Gasteiger partial charge in [-0.3, -0.25) is 4.79 Å². The summed E-state index contributed by atoms with van der Waals surface area (Å²) >= 11 is 0. The van der Waals surface area contributed by atoms with Crippen LogP contribution in [-0.4, -0.2) is 41.0 Å². The Kier molecular flexibility index (Phi) is 5.67. The van der Waals surface area contributed by atoms with Crippen LogP contribution in [0.25, 0.3) is 5.69 Å². The minimum atomic E-state index is -0.475. The van der Waals surface area contributed by atoms with Crippen LogP contribution in [0.2, 0.25) is 0 Å². The number of carbonyl (C=O) groups is 2. The molecule has 0 aliphatic heterocycles. The Labute approximate surface area is 149 Å². The number of amides is 1. The lowest BCUT2D eigenvalue weighted by Crippen LogP contribution is -2.36. The average molecular weight is 342 g/mol. The second kappa shape index (κ2) is 7.55. The van der Waals surface area contributed by atoms with E-state index >= 15 is 0 Å². The lowest BCUT2D eigenvalue weighted by atomic mass is 10.2. The van der Waals surface area contributed by atoms with Crippen LogP contribution < -0.4 is 0 Å². The predicted molar refractivity (Wildman–Crippen MR) is 98.2 cm³/mol. The highest BCUT2D eigenvalue weighted by atomic mass is 16.5. The van der Waals surface area contributed by atoms with Crippen LogP contribution in [0, 0.1) is 20.8 Å². The van der Waals surface area contributed by atoms with Crippen LogP contribution in [0.3, 0.4) is 0 Å².